The lowest BCUT2D eigenvalue weighted by molar-refractivity contribution is -0.119. The summed E-state index contributed by atoms with van der Waals surface area (Å²) in [6.07, 6.45) is 9.31. The van der Waals surface area contributed by atoms with Gasteiger partial charge in [-0.2, -0.15) is 4.98 Å². The number of carbonyl (C=O) groups is 1. The number of carbonyl (C=O) groups excluding carboxylic acids is 1. The van der Waals surface area contributed by atoms with E-state index in [9.17, 15) is 4.79 Å². The number of thioether (sulfide) groups is 1. The van der Waals surface area contributed by atoms with Crippen LogP contribution >= 0.6 is 11.8 Å². The Balaban J connectivity index is 1.41. The fourth-order valence-electron chi connectivity index (χ4n) is 4.31. The van der Waals surface area contributed by atoms with Crippen molar-refractivity contribution in [3.63, 3.8) is 0 Å². The van der Waals surface area contributed by atoms with E-state index in [2.05, 4.69) is 51.6 Å². The normalized spacial score (nSPS) is 15.5. The molecule has 164 valence electrons. The van der Waals surface area contributed by atoms with Crippen molar-refractivity contribution in [2.45, 2.75) is 76.4 Å². The van der Waals surface area contributed by atoms with Gasteiger partial charge in [0.1, 0.15) is 0 Å². The topological polar surface area (TPSA) is 72.2 Å². The van der Waals surface area contributed by atoms with Crippen LogP contribution in [0.25, 0.3) is 5.78 Å². The molecule has 1 fully saturated rings. The van der Waals surface area contributed by atoms with Crippen LogP contribution in [0.2, 0.25) is 0 Å². The number of hydrogen-bond donors (Lipinski definition) is 1. The molecule has 1 N–H and O–H groups in total. The maximum atomic E-state index is 12.5. The number of aryl methyl sites for hydroxylation is 2. The number of nitrogens with one attached hydrogen (secondary N) is 1. The van der Waals surface area contributed by atoms with Crippen LogP contribution in [0, 0.1) is 13.8 Å². The number of hydrogen-bond acceptors (Lipinski definition) is 5. The maximum absolute atomic E-state index is 12.5. The van der Waals surface area contributed by atoms with E-state index in [-0.39, 0.29) is 5.91 Å². The second-order valence-corrected chi connectivity index (χ2v) is 9.37. The Morgan fingerprint density at radius 1 is 1.06 bits per heavy atom. The Labute approximate surface area is 188 Å². The predicted octanol–water partition coefficient (Wildman–Crippen LogP) is 4.65. The number of aromatic nitrogens is 4. The van der Waals surface area contributed by atoms with Crippen LogP contribution < -0.4 is 5.32 Å². The zero-order chi connectivity index (χ0) is 21.6. The molecule has 2 heterocycles. The van der Waals surface area contributed by atoms with Crippen LogP contribution in [0.15, 0.2) is 35.5 Å². The molecule has 3 aromatic rings. The van der Waals surface area contributed by atoms with E-state index in [1.165, 1.54) is 55.0 Å². The SMILES string of the molecule is Cc1nc2nc(SCC(=O)NC3CCCCCCC3)nn2c(C)c1Cc1ccccc1. The van der Waals surface area contributed by atoms with Crippen LogP contribution in [-0.2, 0) is 11.2 Å². The Morgan fingerprint density at radius 3 is 2.52 bits per heavy atom. The van der Waals surface area contributed by atoms with Gasteiger partial charge in [-0.15, -0.1) is 5.10 Å². The third-order valence-electron chi connectivity index (χ3n) is 6.06. The van der Waals surface area contributed by atoms with Gasteiger partial charge < -0.3 is 5.32 Å². The predicted molar refractivity (Wildman–Crippen MR) is 124 cm³/mol. The van der Waals surface area contributed by atoms with Crippen LogP contribution in [0.4, 0.5) is 0 Å². The van der Waals surface area contributed by atoms with Gasteiger partial charge in [-0.05, 0) is 37.8 Å². The minimum Gasteiger partial charge on any atom is -0.353 e. The van der Waals surface area contributed by atoms with E-state index in [1.54, 1.807) is 4.52 Å². The Bertz CT molecular complexity index is 1030. The highest BCUT2D eigenvalue weighted by molar-refractivity contribution is 7.99. The van der Waals surface area contributed by atoms with E-state index < -0.39 is 0 Å². The van der Waals surface area contributed by atoms with E-state index in [4.69, 9.17) is 0 Å². The molecule has 6 nitrogen and oxygen atoms in total. The van der Waals surface area contributed by atoms with Gasteiger partial charge in [0.25, 0.3) is 5.78 Å². The zero-order valence-corrected chi connectivity index (χ0v) is 19.2. The van der Waals surface area contributed by atoms with E-state index in [0.29, 0.717) is 22.7 Å². The van der Waals surface area contributed by atoms with Gasteiger partial charge in [-0.25, -0.2) is 9.50 Å². The van der Waals surface area contributed by atoms with Gasteiger partial charge in [-0.3, -0.25) is 4.79 Å². The van der Waals surface area contributed by atoms with Crippen molar-refractivity contribution in [2.24, 2.45) is 0 Å². The highest BCUT2D eigenvalue weighted by atomic mass is 32.2. The number of fused-ring (bicyclic) bond motifs is 1. The molecule has 0 aliphatic heterocycles. The van der Waals surface area contributed by atoms with Crippen LogP contribution in [0.5, 0.6) is 0 Å². The lowest BCUT2D eigenvalue weighted by atomic mass is 9.97. The van der Waals surface area contributed by atoms with Gasteiger partial charge in [0, 0.05) is 23.9 Å². The van der Waals surface area contributed by atoms with Gasteiger partial charge in [0.2, 0.25) is 11.1 Å². The van der Waals surface area contributed by atoms with Crippen molar-refractivity contribution in [2.75, 3.05) is 5.75 Å². The Kier molecular flexibility index (Phi) is 7.22. The summed E-state index contributed by atoms with van der Waals surface area (Å²) in [7, 11) is 0. The first-order valence-corrected chi connectivity index (χ1v) is 12.3. The molecule has 1 aliphatic rings. The molecule has 1 aromatic carbocycles. The summed E-state index contributed by atoms with van der Waals surface area (Å²) >= 11 is 1.38. The summed E-state index contributed by atoms with van der Waals surface area (Å²) in [4.78, 5) is 21.7. The minimum atomic E-state index is 0.0695. The number of benzene rings is 1. The second-order valence-electron chi connectivity index (χ2n) is 8.43. The van der Waals surface area contributed by atoms with Gasteiger partial charge in [-0.1, -0.05) is 74.2 Å². The third kappa shape index (κ3) is 5.64. The average Bonchev–Trinajstić information content (AvgIpc) is 3.15. The van der Waals surface area contributed by atoms with Crippen LogP contribution in [-0.4, -0.2) is 37.3 Å². The largest absolute Gasteiger partial charge is 0.353 e. The fourth-order valence-corrected chi connectivity index (χ4v) is 4.94. The first kappa shape index (κ1) is 21.8. The molecule has 31 heavy (non-hydrogen) atoms. The summed E-state index contributed by atoms with van der Waals surface area (Å²) in [6.45, 7) is 4.08. The van der Waals surface area contributed by atoms with Crippen LogP contribution in [0.1, 0.15) is 67.5 Å². The molecule has 7 heteroatoms. The first-order chi connectivity index (χ1) is 15.1. The zero-order valence-electron chi connectivity index (χ0n) is 18.4. The molecule has 0 saturated heterocycles. The van der Waals surface area contributed by atoms with E-state index in [1.807, 2.05) is 13.0 Å². The lowest BCUT2D eigenvalue weighted by Crippen LogP contribution is -2.36. The molecule has 0 spiro atoms. The molecule has 0 atom stereocenters. The van der Waals surface area contributed by atoms with Crippen molar-refractivity contribution in [3.05, 3.63) is 52.8 Å². The lowest BCUT2D eigenvalue weighted by Gasteiger charge is -2.20. The molecule has 0 unspecified atom stereocenters. The summed E-state index contributed by atoms with van der Waals surface area (Å²) in [5, 5.41) is 8.43. The highest BCUT2D eigenvalue weighted by Crippen LogP contribution is 2.21. The van der Waals surface area contributed by atoms with Crippen molar-refractivity contribution in [1.29, 1.82) is 0 Å². The quantitative estimate of drug-likeness (QED) is 0.568. The molecule has 1 aliphatic carbocycles. The number of nitrogens with zero attached hydrogens (tertiary/aromatic N) is 4. The summed E-state index contributed by atoms with van der Waals surface area (Å²) in [5.74, 6) is 0.997. The van der Waals surface area contributed by atoms with Crippen molar-refractivity contribution in [3.8, 4) is 0 Å². The summed E-state index contributed by atoms with van der Waals surface area (Å²) < 4.78 is 1.81. The van der Waals surface area contributed by atoms with Gasteiger partial charge in [0.15, 0.2) is 0 Å². The van der Waals surface area contributed by atoms with Crippen LogP contribution in [0.3, 0.4) is 0 Å². The van der Waals surface area contributed by atoms with E-state index in [0.717, 1.165) is 30.7 Å². The molecule has 1 saturated carbocycles. The van der Waals surface area contributed by atoms with Gasteiger partial charge >= 0.3 is 0 Å². The second kappa shape index (κ2) is 10.3. The highest BCUT2D eigenvalue weighted by Gasteiger charge is 2.17. The average molecular weight is 438 g/mol. The van der Waals surface area contributed by atoms with Crippen molar-refractivity contribution < 1.29 is 4.79 Å². The number of amides is 1. The Hall–Kier alpha value is -2.41. The van der Waals surface area contributed by atoms with Crippen molar-refractivity contribution in [1.82, 2.24) is 24.9 Å². The molecule has 0 bridgehead atoms. The van der Waals surface area contributed by atoms with E-state index >= 15 is 0 Å². The summed E-state index contributed by atoms with van der Waals surface area (Å²) in [6, 6.07) is 10.7. The molecule has 2 aromatic heterocycles. The molecular weight excluding hydrogens is 406 g/mol. The van der Waals surface area contributed by atoms with Gasteiger partial charge in [0.05, 0.1) is 5.75 Å². The fraction of sp³-hybridized carbons (Fsp3) is 0.500. The maximum Gasteiger partial charge on any atom is 0.253 e. The molecule has 0 radical (unpaired) electrons. The molecule has 4 rings (SSSR count). The number of rotatable bonds is 6. The standard InChI is InChI=1S/C24H31N5OS/c1-17-21(15-19-11-7-6-8-12-19)18(2)29-23(25-17)27-24(28-29)31-16-22(30)26-20-13-9-4-3-5-10-14-20/h6-8,11-12,20H,3-5,9-10,13-16H2,1-2H3,(H,26,30). The third-order valence-corrected chi connectivity index (χ3v) is 6.89. The molecule has 1 amide bonds. The first-order valence-electron chi connectivity index (χ1n) is 11.3. The molecular formula is C24H31N5OS. The summed E-state index contributed by atoms with van der Waals surface area (Å²) in [5.41, 5.74) is 4.43. The minimum absolute atomic E-state index is 0.0695. The van der Waals surface area contributed by atoms with Crippen molar-refractivity contribution >= 4 is 23.4 Å². The monoisotopic (exact) mass is 437 g/mol. The smallest absolute Gasteiger partial charge is 0.253 e. The Morgan fingerprint density at radius 2 is 1.77 bits per heavy atom.